The molecule has 2 aromatic rings. The minimum Gasteiger partial charge on any atom is -0.481 e. The third-order valence-electron chi connectivity index (χ3n) is 4.90. The molecule has 1 atom stereocenters. The van der Waals surface area contributed by atoms with Crippen LogP contribution in [-0.4, -0.2) is 36.1 Å². The summed E-state index contributed by atoms with van der Waals surface area (Å²) in [6.07, 6.45) is 3.84. The molecule has 1 aromatic heterocycles. The Kier molecular flexibility index (Phi) is 5.22. The second-order valence-electron chi connectivity index (χ2n) is 6.82. The van der Waals surface area contributed by atoms with Crippen molar-refractivity contribution in [3.63, 3.8) is 0 Å². The smallest absolute Gasteiger partial charge is 0.317 e. The molecule has 25 heavy (non-hydrogen) atoms. The van der Waals surface area contributed by atoms with Crippen molar-refractivity contribution in [2.75, 3.05) is 20.2 Å². The summed E-state index contributed by atoms with van der Waals surface area (Å²) in [7, 11) is 1.59. The second-order valence-corrected chi connectivity index (χ2v) is 6.82. The summed E-state index contributed by atoms with van der Waals surface area (Å²) >= 11 is 0. The lowest BCUT2D eigenvalue weighted by molar-refractivity contribution is 0.155. The standard InChI is InChI=1S/C20H25N3O2/c1-20(17-7-4-3-5-8-17)11-6-12-23(15-20)19(24)22-14-16-9-10-18(25-2)21-13-16/h3-5,7-10,13H,6,11-12,14-15H2,1-2H3,(H,22,24). The maximum Gasteiger partial charge on any atom is 0.317 e. The first-order valence-electron chi connectivity index (χ1n) is 8.68. The molecule has 1 fully saturated rings. The van der Waals surface area contributed by atoms with E-state index in [2.05, 4.69) is 41.5 Å². The molecule has 1 N–H and O–H groups in total. The van der Waals surface area contributed by atoms with Crippen LogP contribution in [0.25, 0.3) is 0 Å². The van der Waals surface area contributed by atoms with Crippen LogP contribution < -0.4 is 10.1 Å². The molecule has 0 aliphatic carbocycles. The first-order valence-corrected chi connectivity index (χ1v) is 8.68. The number of nitrogens with zero attached hydrogens (tertiary/aromatic N) is 2. The molecule has 1 aliphatic heterocycles. The fourth-order valence-corrected chi connectivity index (χ4v) is 3.41. The molecule has 0 bridgehead atoms. The monoisotopic (exact) mass is 339 g/mol. The van der Waals surface area contributed by atoms with Crippen molar-refractivity contribution in [1.82, 2.24) is 15.2 Å². The molecule has 0 saturated carbocycles. The van der Waals surface area contributed by atoms with Crippen molar-refractivity contribution < 1.29 is 9.53 Å². The number of carbonyl (C=O) groups excluding carboxylic acids is 1. The van der Waals surface area contributed by atoms with Gasteiger partial charge in [0.05, 0.1) is 7.11 Å². The number of ether oxygens (including phenoxy) is 1. The van der Waals surface area contributed by atoms with Gasteiger partial charge in [0.2, 0.25) is 5.88 Å². The van der Waals surface area contributed by atoms with Crippen LogP contribution in [0, 0.1) is 0 Å². The number of amides is 2. The quantitative estimate of drug-likeness (QED) is 0.929. The molecule has 3 rings (SSSR count). The number of rotatable bonds is 4. The van der Waals surface area contributed by atoms with Crippen LogP contribution in [0.4, 0.5) is 4.79 Å². The molecule has 0 spiro atoms. The number of methoxy groups -OCH3 is 1. The van der Waals surface area contributed by atoms with Gasteiger partial charge in [0.25, 0.3) is 0 Å². The van der Waals surface area contributed by atoms with E-state index in [1.807, 2.05) is 17.0 Å². The van der Waals surface area contributed by atoms with Gasteiger partial charge in [-0.1, -0.05) is 43.3 Å². The van der Waals surface area contributed by atoms with E-state index in [0.717, 1.165) is 31.5 Å². The molecule has 1 aliphatic rings. The van der Waals surface area contributed by atoms with Gasteiger partial charge < -0.3 is 15.0 Å². The van der Waals surface area contributed by atoms with Gasteiger partial charge in [0.15, 0.2) is 0 Å². The number of nitrogens with one attached hydrogen (secondary N) is 1. The summed E-state index contributed by atoms with van der Waals surface area (Å²) in [5.41, 5.74) is 2.27. The molecule has 1 unspecified atom stereocenters. The highest BCUT2D eigenvalue weighted by Crippen LogP contribution is 2.33. The lowest BCUT2D eigenvalue weighted by Gasteiger charge is -2.40. The number of likely N-dealkylation sites (tertiary alicyclic amines) is 1. The summed E-state index contributed by atoms with van der Waals surface area (Å²) in [5, 5.41) is 3.00. The number of pyridine rings is 1. The van der Waals surface area contributed by atoms with Crippen molar-refractivity contribution in [2.45, 2.75) is 31.7 Å². The number of carbonyl (C=O) groups is 1. The Morgan fingerprint density at radius 1 is 1.28 bits per heavy atom. The third kappa shape index (κ3) is 4.10. The highest BCUT2D eigenvalue weighted by Gasteiger charge is 2.34. The molecule has 5 heteroatoms. The highest BCUT2D eigenvalue weighted by atomic mass is 16.5. The van der Waals surface area contributed by atoms with E-state index in [-0.39, 0.29) is 11.4 Å². The minimum absolute atomic E-state index is 0.0124. The van der Waals surface area contributed by atoms with E-state index < -0.39 is 0 Å². The van der Waals surface area contributed by atoms with Gasteiger partial charge in [0, 0.05) is 37.3 Å². The molecule has 2 amide bonds. The number of benzene rings is 1. The van der Waals surface area contributed by atoms with Crippen molar-refractivity contribution in [1.29, 1.82) is 0 Å². The number of aromatic nitrogens is 1. The van der Waals surface area contributed by atoms with Crippen LogP contribution >= 0.6 is 0 Å². The van der Waals surface area contributed by atoms with Crippen molar-refractivity contribution in [3.05, 3.63) is 59.8 Å². The molecule has 132 valence electrons. The highest BCUT2D eigenvalue weighted by molar-refractivity contribution is 5.74. The van der Waals surface area contributed by atoms with Crippen LogP contribution in [0.3, 0.4) is 0 Å². The molecule has 0 radical (unpaired) electrons. The molecule has 1 saturated heterocycles. The van der Waals surface area contributed by atoms with E-state index in [0.29, 0.717) is 12.4 Å². The first kappa shape index (κ1) is 17.3. The van der Waals surface area contributed by atoms with Crippen molar-refractivity contribution >= 4 is 6.03 Å². The summed E-state index contributed by atoms with van der Waals surface area (Å²) in [6, 6.07) is 14.2. The summed E-state index contributed by atoms with van der Waals surface area (Å²) in [6.45, 7) is 4.25. The van der Waals surface area contributed by atoms with E-state index in [1.165, 1.54) is 5.56 Å². The van der Waals surface area contributed by atoms with Gasteiger partial charge in [-0.15, -0.1) is 0 Å². The lowest BCUT2D eigenvalue weighted by atomic mass is 9.76. The van der Waals surface area contributed by atoms with Crippen LogP contribution in [0.15, 0.2) is 48.7 Å². The fourth-order valence-electron chi connectivity index (χ4n) is 3.41. The zero-order valence-electron chi connectivity index (χ0n) is 14.9. The SMILES string of the molecule is COc1ccc(CNC(=O)N2CCCC(C)(c3ccccc3)C2)cn1. The molecule has 2 heterocycles. The molecule has 1 aromatic carbocycles. The lowest BCUT2D eigenvalue weighted by Crippen LogP contribution is -2.50. The average Bonchev–Trinajstić information content (AvgIpc) is 2.67. The van der Waals surface area contributed by atoms with Gasteiger partial charge in [-0.25, -0.2) is 9.78 Å². The van der Waals surface area contributed by atoms with Gasteiger partial charge in [-0.3, -0.25) is 0 Å². The zero-order valence-corrected chi connectivity index (χ0v) is 14.9. The Bertz CT molecular complexity index is 703. The number of piperidine rings is 1. The average molecular weight is 339 g/mol. The van der Waals surface area contributed by atoms with Gasteiger partial charge >= 0.3 is 6.03 Å². The number of hydrogen-bond donors (Lipinski definition) is 1. The largest absolute Gasteiger partial charge is 0.481 e. The van der Waals surface area contributed by atoms with Gasteiger partial charge in [0.1, 0.15) is 0 Å². The van der Waals surface area contributed by atoms with E-state index in [1.54, 1.807) is 19.4 Å². The van der Waals surface area contributed by atoms with Crippen LogP contribution in [-0.2, 0) is 12.0 Å². The number of hydrogen-bond acceptors (Lipinski definition) is 3. The first-order chi connectivity index (χ1) is 12.1. The van der Waals surface area contributed by atoms with E-state index >= 15 is 0 Å². The predicted molar refractivity (Wildman–Crippen MR) is 97.6 cm³/mol. The second kappa shape index (κ2) is 7.55. The minimum atomic E-state index is -0.0160. The zero-order chi connectivity index (χ0) is 17.7. The Morgan fingerprint density at radius 2 is 2.08 bits per heavy atom. The van der Waals surface area contributed by atoms with Crippen LogP contribution in [0.1, 0.15) is 30.9 Å². The van der Waals surface area contributed by atoms with Crippen molar-refractivity contribution in [3.8, 4) is 5.88 Å². The van der Waals surface area contributed by atoms with Gasteiger partial charge in [-0.05, 0) is 24.0 Å². The Labute approximate surface area is 149 Å². The Hall–Kier alpha value is -2.56. The Balaban J connectivity index is 1.60. The Morgan fingerprint density at radius 3 is 2.76 bits per heavy atom. The van der Waals surface area contributed by atoms with E-state index in [9.17, 15) is 4.79 Å². The normalized spacial score (nSPS) is 20.2. The van der Waals surface area contributed by atoms with E-state index in [4.69, 9.17) is 4.74 Å². The van der Waals surface area contributed by atoms with Crippen LogP contribution in [0.2, 0.25) is 0 Å². The molecule has 5 nitrogen and oxygen atoms in total. The topological polar surface area (TPSA) is 54.5 Å². The maximum atomic E-state index is 12.6. The summed E-state index contributed by atoms with van der Waals surface area (Å²) < 4.78 is 5.05. The molecular formula is C20H25N3O2. The van der Waals surface area contributed by atoms with Crippen LogP contribution in [0.5, 0.6) is 5.88 Å². The van der Waals surface area contributed by atoms with Crippen molar-refractivity contribution in [2.24, 2.45) is 0 Å². The summed E-state index contributed by atoms with van der Waals surface area (Å²) in [4.78, 5) is 18.7. The molecular weight excluding hydrogens is 314 g/mol. The summed E-state index contributed by atoms with van der Waals surface area (Å²) in [5.74, 6) is 0.574. The fraction of sp³-hybridized carbons (Fsp3) is 0.400. The third-order valence-corrected chi connectivity index (χ3v) is 4.90. The predicted octanol–water partition coefficient (Wildman–Crippen LogP) is 3.35. The maximum absolute atomic E-state index is 12.6. The number of urea groups is 1. The van der Waals surface area contributed by atoms with Gasteiger partial charge in [-0.2, -0.15) is 0 Å².